The van der Waals surface area contributed by atoms with Crippen molar-refractivity contribution in [1.29, 1.82) is 0 Å². The number of hydrogen-bond donors (Lipinski definition) is 0. The highest BCUT2D eigenvalue weighted by atomic mass is 35.5. The van der Waals surface area contributed by atoms with E-state index in [4.69, 9.17) is 11.6 Å². The minimum absolute atomic E-state index is 0.678. The van der Waals surface area contributed by atoms with Gasteiger partial charge in [-0.1, -0.05) is 42.0 Å². The zero-order valence-corrected chi connectivity index (χ0v) is 10.3. The van der Waals surface area contributed by atoms with E-state index in [-0.39, 0.29) is 0 Å². The van der Waals surface area contributed by atoms with Crippen LogP contribution in [-0.4, -0.2) is 16.4 Å². The zero-order chi connectivity index (χ0) is 11.4. The summed E-state index contributed by atoms with van der Waals surface area (Å²) in [5.74, 6) is 0. The molecule has 82 valence electrons. The van der Waals surface area contributed by atoms with Crippen LogP contribution in [0.15, 0.2) is 29.3 Å². The molecular formula is C11H10ClN3S. The number of nitrogens with zero attached hydrogens (tertiary/aromatic N) is 3. The fraction of sp³-hybridized carbons (Fsp3) is 0.182. The molecule has 0 saturated carbocycles. The first-order valence-corrected chi connectivity index (χ1v) is 6.09. The zero-order valence-electron chi connectivity index (χ0n) is 8.72. The highest BCUT2D eigenvalue weighted by Gasteiger charge is 1.99. The van der Waals surface area contributed by atoms with Crippen molar-refractivity contribution in [1.82, 2.24) is 10.2 Å². The largest absolute Gasteiger partial charge is 0.231 e. The second-order valence-electron chi connectivity index (χ2n) is 3.15. The molecule has 2 rings (SSSR count). The van der Waals surface area contributed by atoms with E-state index in [0.29, 0.717) is 10.2 Å². The lowest BCUT2D eigenvalue weighted by molar-refractivity contribution is 0.982. The van der Waals surface area contributed by atoms with Crippen molar-refractivity contribution in [3.63, 3.8) is 0 Å². The number of aryl methyl sites for hydroxylation is 1. The van der Waals surface area contributed by atoms with Crippen LogP contribution in [0.1, 0.15) is 17.5 Å². The SMILES string of the molecule is CCc1nnc(N=Cc2cccc(Cl)c2)s1. The van der Waals surface area contributed by atoms with Crippen LogP contribution >= 0.6 is 22.9 Å². The molecular weight excluding hydrogens is 242 g/mol. The van der Waals surface area contributed by atoms with Crippen molar-refractivity contribution < 1.29 is 0 Å². The molecule has 1 aromatic heterocycles. The minimum atomic E-state index is 0.678. The predicted molar refractivity (Wildman–Crippen MR) is 68.0 cm³/mol. The molecule has 0 fully saturated rings. The second kappa shape index (κ2) is 5.18. The van der Waals surface area contributed by atoms with Crippen LogP contribution < -0.4 is 0 Å². The Bertz CT molecular complexity index is 507. The summed E-state index contributed by atoms with van der Waals surface area (Å²) in [6, 6.07) is 7.52. The maximum atomic E-state index is 5.87. The van der Waals surface area contributed by atoms with E-state index in [0.717, 1.165) is 17.0 Å². The van der Waals surface area contributed by atoms with Crippen molar-refractivity contribution in [2.24, 2.45) is 4.99 Å². The summed E-state index contributed by atoms with van der Waals surface area (Å²) < 4.78 is 0. The van der Waals surface area contributed by atoms with Gasteiger partial charge in [0.2, 0.25) is 5.13 Å². The van der Waals surface area contributed by atoms with Gasteiger partial charge in [-0.05, 0) is 24.1 Å². The summed E-state index contributed by atoms with van der Waals surface area (Å²) >= 11 is 7.37. The monoisotopic (exact) mass is 251 g/mol. The number of hydrogen-bond acceptors (Lipinski definition) is 4. The van der Waals surface area contributed by atoms with Crippen LogP contribution in [0.4, 0.5) is 5.13 Å². The molecule has 0 aliphatic heterocycles. The van der Waals surface area contributed by atoms with Crippen LogP contribution in [0.2, 0.25) is 5.02 Å². The van der Waals surface area contributed by atoms with Crippen molar-refractivity contribution in [2.45, 2.75) is 13.3 Å². The van der Waals surface area contributed by atoms with E-state index in [9.17, 15) is 0 Å². The number of aromatic nitrogens is 2. The Morgan fingerprint density at radius 2 is 2.31 bits per heavy atom. The van der Waals surface area contributed by atoms with E-state index < -0.39 is 0 Å². The molecule has 16 heavy (non-hydrogen) atoms. The molecule has 0 N–H and O–H groups in total. The van der Waals surface area contributed by atoms with Gasteiger partial charge < -0.3 is 0 Å². The quantitative estimate of drug-likeness (QED) is 0.783. The molecule has 0 aliphatic carbocycles. The smallest absolute Gasteiger partial charge is 0.226 e. The number of aliphatic imine (C=N–C) groups is 1. The summed E-state index contributed by atoms with van der Waals surface area (Å²) in [4.78, 5) is 4.25. The van der Waals surface area contributed by atoms with Gasteiger partial charge in [0.25, 0.3) is 0 Å². The molecule has 2 aromatic rings. The normalized spacial score (nSPS) is 11.1. The van der Waals surface area contributed by atoms with Gasteiger partial charge in [-0.15, -0.1) is 10.2 Å². The summed E-state index contributed by atoms with van der Waals surface area (Å²) in [6.07, 6.45) is 2.64. The Morgan fingerprint density at radius 1 is 1.44 bits per heavy atom. The van der Waals surface area contributed by atoms with Crippen LogP contribution in [0.25, 0.3) is 0 Å². The van der Waals surface area contributed by atoms with Gasteiger partial charge in [-0.25, -0.2) is 4.99 Å². The second-order valence-corrected chi connectivity index (χ2v) is 4.62. The summed E-state index contributed by atoms with van der Waals surface area (Å²) in [5.41, 5.74) is 0.959. The lowest BCUT2D eigenvalue weighted by atomic mass is 10.2. The summed E-state index contributed by atoms with van der Waals surface area (Å²) in [5, 5.41) is 10.3. The lowest BCUT2D eigenvalue weighted by Gasteiger charge is -1.91. The Hall–Kier alpha value is -1.26. The molecule has 0 saturated heterocycles. The van der Waals surface area contributed by atoms with Crippen molar-refractivity contribution in [3.05, 3.63) is 39.9 Å². The molecule has 0 bridgehead atoms. The van der Waals surface area contributed by atoms with Crippen LogP contribution in [0.3, 0.4) is 0 Å². The first-order chi connectivity index (χ1) is 7.78. The van der Waals surface area contributed by atoms with Crippen LogP contribution in [0.5, 0.6) is 0 Å². The summed E-state index contributed by atoms with van der Waals surface area (Å²) in [6.45, 7) is 2.05. The number of halogens is 1. The summed E-state index contributed by atoms with van der Waals surface area (Å²) in [7, 11) is 0. The average molecular weight is 252 g/mol. The molecule has 0 atom stereocenters. The molecule has 3 nitrogen and oxygen atoms in total. The number of rotatable bonds is 3. The van der Waals surface area contributed by atoms with Crippen molar-refractivity contribution >= 4 is 34.3 Å². The Kier molecular flexibility index (Phi) is 3.64. The average Bonchev–Trinajstić information content (AvgIpc) is 2.74. The van der Waals surface area contributed by atoms with Gasteiger partial charge in [0.15, 0.2) is 0 Å². The Balaban J connectivity index is 2.14. The van der Waals surface area contributed by atoms with Crippen molar-refractivity contribution in [3.8, 4) is 0 Å². The molecule has 1 heterocycles. The standard InChI is InChI=1S/C11H10ClN3S/c1-2-10-14-15-11(16-10)13-7-8-4-3-5-9(12)6-8/h3-7H,2H2,1H3. The molecule has 1 aromatic carbocycles. The topological polar surface area (TPSA) is 38.1 Å². The highest BCUT2D eigenvalue weighted by molar-refractivity contribution is 7.14. The molecule has 0 aliphatic rings. The molecule has 0 radical (unpaired) electrons. The molecule has 0 amide bonds. The predicted octanol–water partition coefficient (Wildman–Crippen LogP) is 3.50. The minimum Gasteiger partial charge on any atom is -0.226 e. The van der Waals surface area contributed by atoms with Gasteiger partial charge in [0.05, 0.1) is 0 Å². The van der Waals surface area contributed by atoms with Gasteiger partial charge in [0.1, 0.15) is 5.01 Å². The maximum absolute atomic E-state index is 5.87. The molecule has 0 unspecified atom stereocenters. The third kappa shape index (κ3) is 2.87. The van der Waals surface area contributed by atoms with E-state index in [1.807, 2.05) is 31.2 Å². The van der Waals surface area contributed by atoms with E-state index in [1.54, 1.807) is 6.21 Å². The molecule has 5 heteroatoms. The first-order valence-electron chi connectivity index (χ1n) is 4.90. The van der Waals surface area contributed by atoms with E-state index in [1.165, 1.54) is 11.3 Å². The lowest BCUT2D eigenvalue weighted by Crippen LogP contribution is -1.79. The van der Waals surface area contributed by atoms with Crippen LogP contribution in [0, 0.1) is 0 Å². The fourth-order valence-corrected chi connectivity index (χ4v) is 1.98. The third-order valence-electron chi connectivity index (χ3n) is 1.93. The Labute approximate surface area is 103 Å². The van der Waals surface area contributed by atoms with E-state index in [2.05, 4.69) is 15.2 Å². The van der Waals surface area contributed by atoms with Gasteiger partial charge >= 0.3 is 0 Å². The highest BCUT2D eigenvalue weighted by Crippen LogP contribution is 2.18. The van der Waals surface area contributed by atoms with Gasteiger partial charge in [0, 0.05) is 11.2 Å². The third-order valence-corrected chi connectivity index (χ3v) is 3.14. The van der Waals surface area contributed by atoms with Gasteiger partial charge in [-0.2, -0.15) is 0 Å². The number of benzene rings is 1. The van der Waals surface area contributed by atoms with Crippen LogP contribution in [-0.2, 0) is 6.42 Å². The van der Waals surface area contributed by atoms with E-state index >= 15 is 0 Å². The fourth-order valence-electron chi connectivity index (χ4n) is 1.16. The maximum Gasteiger partial charge on any atom is 0.231 e. The first kappa shape index (κ1) is 11.2. The molecule has 0 spiro atoms. The van der Waals surface area contributed by atoms with Crippen molar-refractivity contribution in [2.75, 3.05) is 0 Å². The van der Waals surface area contributed by atoms with Gasteiger partial charge in [-0.3, -0.25) is 0 Å². The Morgan fingerprint density at radius 3 is 3.00 bits per heavy atom.